The molecule has 2 rings (SSSR count). The molecule has 1 atom stereocenters. The lowest BCUT2D eigenvalue weighted by atomic mass is 10.1. The van der Waals surface area contributed by atoms with E-state index in [4.69, 9.17) is 4.42 Å². The van der Waals surface area contributed by atoms with Crippen molar-refractivity contribution >= 4 is 15.7 Å². The van der Waals surface area contributed by atoms with Crippen LogP contribution in [0.3, 0.4) is 0 Å². The lowest BCUT2D eigenvalue weighted by molar-refractivity contribution is 0.0936. The lowest BCUT2D eigenvalue weighted by Crippen LogP contribution is -2.35. The Bertz CT molecular complexity index is 773. The number of nitrogens with one attached hydrogen (secondary N) is 1. The summed E-state index contributed by atoms with van der Waals surface area (Å²) >= 11 is 0. The maximum Gasteiger partial charge on any atom is 0.341 e. The van der Waals surface area contributed by atoms with Crippen molar-refractivity contribution in [3.8, 4) is 0 Å². The predicted octanol–water partition coefficient (Wildman–Crippen LogP) is 2.64. The highest BCUT2D eigenvalue weighted by molar-refractivity contribution is 7.91. The number of sulfone groups is 1. The minimum atomic E-state index is -4.85. The highest BCUT2D eigenvalue weighted by Gasteiger charge is 2.31. The molecule has 0 aliphatic rings. The van der Waals surface area contributed by atoms with E-state index in [1.807, 2.05) is 0 Å². The summed E-state index contributed by atoms with van der Waals surface area (Å²) in [6, 6.07) is 6.31. The molecule has 0 saturated carbocycles. The van der Waals surface area contributed by atoms with Gasteiger partial charge in [0.2, 0.25) is 9.84 Å². The number of halogens is 2. The zero-order chi connectivity index (χ0) is 17.0. The second kappa shape index (κ2) is 6.91. The van der Waals surface area contributed by atoms with Crippen LogP contribution < -0.4 is 5.32 Å². The third-order valence-electron chi connectivity index (χ3n) is 3.17. The molecule has 0 unspecified atom stereocenters. The monoisotopic (exact) mass is 343 g/mol. The van der Waals surface area contributed by atoms with Gasteiger partial charge in [-0.2, -0.15) is 8.78 Å². The molecule has 0 aliphatic carbocycles. The molecule has 1 heterocycles. The third-order valence-corrected chi connectivity index (χ3v) is 4.61. The van der Waals surface area contributed by atoms with Crippen molar-refractivity contribution in [1.82, 2.24) is 5.32 Å². The minimum Gasteiger partial charge on any atom is -0.472 e. The number of rotatable bonds is 6. The molecule has 0 bridgehead atoms. The number of carbonyl (C=O) groups excluding carboxylic acids is 1. The molecule has 0 spiro atoms. The maximum absolute atomic E-state index is 12.7. The van der Waals surface area contributed by atoms with Crippen LogP contribution in [0.4, 0.5) is 8.78 Å². The lowest BCUT2D eigenvalue weighted by Gasteiger charge is -2.15. The van der Waals surface area contributed by atoms with Crippen LogP contribution in [0.1, 0.15) is 22.8 Å². The van der Waals surface area contributed by atoms with Gasteiger partial charge in [0.05, 0.1) is 23.0 Å². The zero-order valence-corrected chi connectivity index (χ0v) is 13.0. The quantitative estimate of drug-likeness (QED) is 0.875. The van der Waals surface area contributed by atoms with Gasteiger partial charge in [-0.15, -0.1) is 0 Å². The van der Waals surface area contributed by atoms with Gasteiger partial charge in [-0.3, -0.25) is 4.79 Å². The molecule has 1 amide bonds. The normalized spacial score (nSPS) is 13.0. The van der Waals surface area contributed by atoms with Crippen molar-refractivity contribution in [2.45, 2.75) is 30.0 Å². The Morgan fingerprint density at radius 2 is 1.96 bits per heavy atom. The number of alkyl halides is 2. The molecular formula is C15H15F2NO4S. The molecule has 5 nitrogen and oxygen atoms in total. The second-order valence-corrected chi connectivity index (χ2v) is 6.90. The molecule has 0 radical (unpaired) electrons. The predicted molar refractivity (Wildman–Crippen MR) is 79.0 cm³/mol. The summed E-state index contributed by atoms with van der Waals surface area (Å²) in [5.74, 6) is -4.30. The Labute approximate surface area is 132 Å². The summed E-state index contributed by atoms with van der Waals surface area (Å²) in [7, 11) is -4.85. The van der Waals surface area contributed by atoms with Crippen molar-refractivity contribution < 1.29 is 26.4 Å². The number of furan rings is 1. The first kappa shape index (κ1) is 17.1. The van der Waals surface area contributed by atoms with Crippen molar-refractivity contribution in [3.63, 3.8) is 0 Å². The summed E-state index contributed by atoms with van der Waals surface area (Å²) in [6.45, 7) is 1.72. The van der Waals surface area contributed by atoms with Crippen LogP contribution in [0, 0.1) is 0 Å². The van der Waals surface area contributed by atoms with Crippen LogP contribution in [-0.2, 0) is 16.3 Å². The number of carbonyl (C=O) groups is 1. The smallest absolute Gasteiger partial charge is 0.341 e. The largest absolute Gasteiger partial charge is 0.472 e. The first-order valence-corrected chi connectivity index (χ1v) is 8.30. The van der Waals surface area contributed by atoms with E-state index in [1.165, 1.54) is 30.7 Å². The fourth-order valence-electron chi connectivity index (χ4n) is 2.11. The van der Waals surface area contributed by atoms with Crippen LogP contribution >= 0.6 is 0 Å². The van der Waals surface area contributed by atoms with Gasteiger partial charge >= 0.3 is 5.76 Å². The van der Waals surface area contributed by atoms with Crippen LogP contribution in [0.25, 0.3) is 0 Å². The minimum absolute atomic E-state index is 0.299. The molecule has 0 aliphatic heterocycles. The first-order chi connectivity index (χ1) is 10.8. The summed E-state index contributed by atoms with van der Waals surface area (Å²) in [4.78, 5) is 11.6. The summed E-state index contributed by atoms with van der Waals surface area (Å²) in [6.07, 6.45) is 3.48. The number of benzene rings is 1. The zero-order valence-electron chi connectivity index (χ0n) is 12.2. The molecule has 2 aromatic rings. The van der Waals surface area contributed by atoms with Gasteiger partial charge in [0.15, 0.2) is 0 Å². The Morgan fingerprint density at radius 3 is 2.57 bits per heavy atom. The van der Waals surface area contributed by atoms with E-state index in [0.29, 0.717) is 6.42 Å². The molecule has 1 aromatic heterocycles. The van der Waals surface area contributed by atoms with Crippen molar-refractivity contribution in [2.24, 2.45) is 0 Å². The van der Waals surface area contributed by atoms with E-state index in [1.54, 1.807) is 13.0 Å². The van der Waals surface area contributed by atoms with E-state index < -0.39 is 26.4 Å². The van der Waals surface area contributed by atoms with E-state index in [0.717, 1.165) is 11.6 Å². The second-order valence-electron chi connectivity index (χ2n) is 5.01. The Morgan fingerprint density at radius 1 is 1.26 bits per heavy atom. The van der Waals surface area contributed by atoms with E-state index >= 15 is 0 Å². The molecular weight excluding hydrogens is 328 g/mol. The average molecular weight is 343 g/mol. The number of amides is 1. The molecule has 1 N–H and O–H groups in total. The Balaban J connectivity index is 2.20. The summed E-state index contributed by atoms with van der Waals surface area (Å²) < 4.78 is 53.7. The number of hydrogen-bond donors (Lipinski definition) is 1. The fourth-order valence-corrected chi connectivity index (χ4v) is 3.04. The van der Waals surface area contributed by atoms with Crippen molar-refractivity contribution in [3.05, 3.63) is 54.0 Å². The van der Waals surface area contributed by atoms with Gasteiger partial charge in [-0.1, -0.05) is 12.1 Å². The van der Waals surface area contributed by atoms with Crippen LogP contribution in [0.15, 0.2) is 52.2 Å². The molecule has 8 heteroatoms. The Hall–Kier alpha value is -2.22. The van der Waals surface area contributed by atoms with Crippen molar-refractivity contribution in [2.75, 3.05) is 0 Å². The first-order valence-electron chi connectivity index (χ1n) is 6.75. The molecule has 23 heavy (non-hydrogen) atoms. The van der Waals surface area contributed by atoms with Gasteiger partial charge in [0.1, 0.15) is 0 Å². The van der Waals surface area contributed by atoms with Gasteiger partial charge in [0, 0.05) is 6.04 Å². The SMILES string of the molecule is C[C@H](Cc1ccoc1)NC(=O)c1ccccc1S(=O)(=O)C(F)F. The van der Waals surface area contributed by atoms with Crippen LogP contribution in [0.5, 0.6) is 0 Å². The molecule has 124 valence electrons. The van der Waals surface area contributed by atoms with Gasteiger partial charge < -0.3 is 9.73 Å². The Kier molecular flexibility index (Phi) is 5.15. The maximum atomic E-state index is 12.7. The van der Waals surface area contributed by atoms with Gasteiger partial charge in [-0.25, -0.2) is 8.42 Å². The standard InChI is InChI=1S/C15H15F2NO4S/c1-10(8-11-6-7-22-9-11)18-14(19)12-4-2-3-5-13(12)23(20,21)15(16)17/h2-7,9-10,15H,8H2,1H3,(H,18,19)/t10-/m1/s1. The number of hydrogen-bond acceptors (Lipinski definition) is 4. The summed E-state index contributed by atoms with van der Waals surface area (Å²) in [5.41, 5.74) is 0.554. The molecule has 0 saturated heterocycles. The van der Waals surface area contributed by atoms with E-state index in [-0.39, 0.29) is 11.6 Å². The van der Waals surface area contributed by atoms with Crippen molar-refractivity contribution in [1.29, 1.82) is 0 Å². The summed E-state index contributed by atoms with van der Waals surface area (Å²) in [5, 5.41) is 2.60. The fraction of sp³-hybridized carbons (Fsp3) is 0.267. The van der Waals surface area contributed by atoms with Gasteiger partial charge in [0.25, 0.3) is 5.91 Å². The van der Waals surface area contributed by atoms with Gasteiger partial charge in [-0.05, 0) is 37.1 Å². The topological polar surface area (TPSA) is 76.4 Å². The molecule has 1 aromatic carbocycles. The van der Waals surface area contributed by atoms with E-state index in [9.17, 15) is 22.0 Å². The molecule has 0 fully saturated rings. The average Bonchev–Trinajstić information content (AvgIpc) is 2.99. The highest BCUT2D eigenvalue weighted by atomic mass is 32.2. The highest BCUT2D eigenvalue weighted by Crippen LogP contribution is 2.22. The third kappa shape index (κ3) is 3.95. The van der Waals surface area contributed by atoms with Crippen LogP contribution in [0.2, 0.25) is 0 Å². The van der Waals surface area contributed by atoms with E-state index in [2.05, 4.69) is 5.32 Å². The van der Waals surface area contributed by atoms with Crippen LogP contribution in [-0.4, -0.2) is 26.1 Å².